The number of halogens is 1. The Morgan fingerprint density at radius 1 is 0.900 bits per heavy atom. The van der Waals surface area contributed by atoms with Crippen molar-refractivity contribution in [2.75, 3.05) is 0 Å². The predicted octanol–water partition coefficient (Wildman–Crippen LogP) is 7.65. The first-order valence-electron chi connectivity index (χ1n) is 9.79. The average Bonchev–Trinajstić information content (AvgIpc) is 3.23. The van der Waals surface area contributed by atoms with E-state index in [0.717, 1.165) is 38.0 Å². The van der Waals surface area contributed by atoms with Crippen LogP contribution in [0.15, 0.2) is 88.7 Å². The lowest BCUT2D eigenvalue weighted by Gasteiger charge is -2.18. The Balaban J connectivity index is 1.68. The molecule has 1 aromatic heterocycles. The quantitative estimate of drug-likeness (QED) is 0.308. The van der Waals surface area contributed by atoms with Gasteiger partial charge in [0.15, 0.2) is 0 Å². The molecule has 3 aromatic carbocycles. The molecule has 1 heterocycles. The van der Waals surface area contributed by atoms with Gasteiger partial charge in [0, 0.05) is 20.5 Å². The van der Waals surface area contributed by atoms with Gasteiger partial charge in [0.25, 0.3) is 0 Å². The summed E-state index contributed by atoms with van der Waals surface area (Å²) < 4.78 is 7.22. The number of ether oxygens (including phenoxy) is 1. The fourth-order valence-corrected chi connectivity index (χ4v) is 4.63. The van der Waals surface area contributed by atoms with E-state index in [4.69, 9.17) is 4.74 Å². The lowest BCUT2D eigenvalue weighted by Crippen LogP contribution is -2.14. The lowest BCUT2D eigenvalue weighted by atomic mass is 9.95. The first-order valence-corrected chi connectivity index (χ1v) is 11.5. The van der Waals surface area contributed by atoms with Crippen LogP contribution in [0, 0.1) is 0 Å². The number of rotatable bonds is 6. The maximum absolute atomic E-state index is 10.2. The molecule has 4 aromatic rings. The molecule has 4 rings (SSSR count). The van der Waals surface area contributed by atoms with Crippen molar-refractivity contribution in [2.24, 2.45) is 0 Å². The molecule has 0 aliphatic carbocycles. The molecule has 0 aliphatic heterocycles. The van der Waals surface area contributed by atoms with Gasteiger partial charge in [-0.25, -0.2) is 0 Å². The minimum absolute atomic E-state index is 0.523. The summed E-state index contributed by atoms with van der Waals surface area (Å²) in [4.78, 5) is 1.18. The molecular weight excluding hydrogens is 456 g/mol. The lowest BCUT2D eigenvalue weighted by molar-refractivity contribution is 0.0786. The van der Waals surface area contributed by atoms with E-state index in [-0.39, 0.29) is 0 Å². The number of hydrogen-bond donors (Lipinski definition) is 1. The van der Waals surface area contributed by atoms with Crippen LogP contribution in [0.1, 0.15) is 25.0 Å². The van der Waals surface area contributed by atoms with Crippen molar-refractivity contribution < 1.29 is 9.84 Å². The highest BCUT2D eigenvalue weighted by Crippen LogP contribution is 2.42. The van der Waals surface area contributed by atoms with Crippen LogP contribution in [0.2, 0.25) is 0 Å². The summed E-state index contributed by atoms with van der Waals surface area (Å²) in [6.07, 6.45) is 0. The van der Waals surface area contributed by atoms with Gasteiger partial charge in [-0.15, -0.1) is 11.3 Å². The average molecular weight is 479 g/mol. The second kappa shape index (κ2) is 8.76. The summed E-state index contributed by atoms with van der Waals surface area (Å²) in [7, 11) is 0. The number of hydrogen-bond acceptors (Lipinski definition) is 3. The van der Waals surface area contributed by atoms with E-state index in [0.29, 0.717) is 6.61 Å². The minimum atomic E-state index is -0.848. The van der Waals surface area contributed by atoms with Crippen LogP contribution in [-0.4, -0.2) is 5.11 Å². The van der Waals surface area contributed by atoms with Crippen molar-refractivity contribution >= 4 is 27.3 Å². The fraction of sp³-hybridized carbons (Fsp3) is 0.154. The minimum Gasteiger partial charge on any atom is -0.488 e. The van der Waals surface area contributed by atoms with Crippen molar-refractivity contribution in [2.45, 2.75) is 26.1 Å². The third kappa shape index (κ3) is 4.67. The zero-order valence-electron chi connectivity index (χ0n) is 16.9. The van der Waals surface area contributed by atoms with Gasteiger partial charge in [-0.05, 0) is 60.2 Å². The summed E-state index contributed by atoms with van der Waals surface area (Å²) in [6.45, 7) is 4.13. The van der Waals surface area contributed by atoms with E-state index in [2.05, 4.69) is 57.7 Å². The van der Waals surface area contributed by atoms with Crippen LogP contribution in [0.4, 0.5) is 0 Å². The molecule has 0 amide bonds. The van der Waals surface area contributed by atoms with Gasteiger partial charge in [-0.3, -0.25) is 0 Å². The monoisotopic (exact) mass is 478 g/mol. The van der Waals surface area contributed by atoms with Crippen LogP contribution in [-0.2, 0) is 12.2 Å². The molecule has 0 saturated heterocycles. The first-order chi connectivity index (χ1) is 14.4. The Kier molecular flexibility index (Phi) is 6.09. The topological polar surface area (TPSA) is 29.5 Å². The van der Waals surface area contributed by atoms with Crippen molar-refractivity contribution in [1.82, 2.24) is 0 Å². The van der Waals surface area contributed by atoms with Gasteiger partial charge in [0.05, 0.1) is 5.60 Å². The van der Waals surface area contributed by atoms with Crippen molar-refractivity contribution in [3.63, 3.8) is 0 Å². The molecule has 0 aliphatic rings. The Morgan fingerprint density at radius 2 is 1.63 bits per heavy atom. The molecule has 0 spiro atoms. The summed E-state index contributed by atoms with van der Waals surface area (Å²) in [6, 6.07) is 26.6. The van der Waals surface area contributed by atoms with Gasteiger partial charge in [-0.1, -0.05) is 70.5 Å². The van der Waals surface area contributed by atoms with Crippen LogP contribution < -0.4 is 4.74 Å². The standard InChI is InChI=1S/C26H23BrO2S/c1-26(2,28)20-10-8-19(9-11-20)25-22(14-15-30-25)23-16-21(27)12-13-24(23)29-17-18-6-4-3-5-7-18/h3-16,28H,17H2,1-2H3. The van der Waals surface area contributed by atoms with E-state index in [1.807, 2.05) is 42.5 Å². The van der Waals surface area contributed by atoms with Gasteiger partial charge >= 0.3 is 0 Å². The van der Waals surface area contributed by atoms with Crippen molar-refractivity contribution in [1.29, 1.82) is 0 Å². The third-order valence-corrected chi connectivity index (χ3v) is 6.44. The molecule has 0 saturated carbocycles. The maximum Gasteiger partial charge on any atom is 0.127 e. The second-order valence-electron chi connectivity index (χ2n) is 7.71. The van der Waals surface area contributed by atoms with Crippen molar-refractivity contribution in [3.05, 3.63) is 99.8 Å². The normalized spacial score (nSPS) is 11.5. The number of benzene rings is 3. The molecule has 2 nitrogen and oxygen atoms in total. The van der Waals surface area contributed by atoms with Gasteiger partial charge < -0.3 is 9.84 Å². The highest BCUT2D eigenvalue weighted by molar-refractivity contribution is 9.10. The summed E-state index contributed by atoms with van der Waals surface area (Å²) in [5.41, 5.74) is 4.52. The van der Waals surface area contributed by atoms with E-state index in [1.165, 1.54) is 4.88 Å². The maximum atomic E-state index is 10.2. The first kappa shape index (κ1) is 20.9. The predicted molar refractivity (Wildman–Crippen MR) is 129 cm³/mol. The smallest absolute Gasteiger partial charge is 0.127 e. The van der Waals surface area contributed by atoms with Crippen LogP contribution in [0.3, 0.4) is 0 Å². The van der Waals surface area contributed by atoms with Gasteiger partial charge in [-0.2, -0.15) is 0 Å². The molecule has 30 heavy (non-hydrogen) atoms. The summed E-state index contributed by atoms with van der Waals surface area (Å²) >= 11 is 5.32. The zero-order chi connectivity index (χ0) is 21.1. The SMILES string of the molecule is CC(C)(O)c1ccc(-c2sccc2-c2cc(Br)ccc2OCc2ccccc2)cc1. The third-order valence-electron chi connectivity index (χ3n) is 4.99. The van der Waals surface area contributed by atoms with E-state index in [9.17, 15) is 5.11 Å². The van der Waals surface area contributed by atoms with Crippen LogP contribution >= 0.6 is 27.3 Å². The Morgan fingerprint density at radius 3 is 2.33 bits per heavy atom. The molecule has 0 atom stereocenters. The molecule has 1 N–H and O–H groups in total. The van der Waals surface area contributed by atoms with E-state index in [1.54, 1.807) is 25.2 Å². The number of thiophene rings is 1. The van der Waals surface area contributed by atoms with Gasteiger partial charge in [0.1, 0.15) is 12.4 Å². The summed E-state index contributed by atoms with van der Waals surface area (Å²) in [5, 5.41) is 12.4. The Hall–Kier alpha value is -2.40. The molecule has 0 bridgehead atoms. The Labute approximate surface area is 189 Å². The highest BCUT2D eigenvalue weighted by atomic mass is 79.9. The fourth-order valence-electron chi connectivity index (χ4n) is 3.35. The van der Waals surface area contributed by atoms with Gasteiger partial charge in [0.2, 0.25) is 0 Å². The molecular formula is C26H23BrO2S. The van der Waals surface area contributed by atoms with Crippen molar-refractivity contribution in [3.8, 4) is 27.3 Å². The molecule has 0 radical (unpaired) electrons. The zero-order valence-corrected chi connectivity index (χ0v) is 19.3. The largest absolute Gasteiger partial charge is 0.488 e. The number of aliphatic hydroxyl groups is 1. The van der Waals surface area contributed by atoms with Crippen LogP contribution in [0.25, 0.3) is 21.6 Å². The van der Waals surface area contributed by atoms with E-state index >= 15 is 0 Å². The molecule has 152 valence electrons. The Bertz CT molecular complexity index is 1130. The highest BCUT2D eigenvalue weighted by Gasteiger charge is 2.18. The van der Waals surface area contributed by atoms with E-state index < -0.39 is 5.60 Å². The second-order valence-corrected chi connectivity index (χ2v) is 9.55. The summed E-state index contributed by atoms with van der Waals surface area (Å²) in [5.74, 6) is 0.856. The molecule has 0 fully saturated rings. The molecule has 0 unspecified atom stereocenters. The molecule has 4 heteroatoms. The van der Waals surface area contributed by atoms with Crippen LogP contribution in [0.5, 0.6) is 5.75 Å².